The van der Waals surface area contributed by atoms with Crippen molar-refractivity contribution in [3.8, 4) is 0 Å². The van der Waals surface area contributed by atoms with Crippen LogP contribution in [0.25, 0.3) is 0 Å². The summed E-state index contributed by atoms with van der Waals surface area (Å²) in [6, 6.07) is 0. The van der Waals surface area contributed by atoms with Crippen LogP contribution in [0, 0.1) is 0 Å². The molecule has 0 atom stereocenters. The van der Waals surface area contributed by atoms with Gasteiger partial charge in [-0.25, -0.2) is 0 Å². The molecule has 0 saturated heterocycles. The molecule has 0 aromatic rings. The molecule has 0 amide bonds. The van der Waals surface area contributed by atoms with Crippen LogP contribution in [-0.4, -0.2) is 12.3 Å². The summed E-state index contributed by atoms with van der Waals surface area (Å²) in [6.07, 6.45) is 3.23. The third-order valence-corrected chi connectivity index (χ3v) is 1.27. The summed E-state index contributed by atoms with van der Waals surface area (Å²) >= 11 is 0. The van der Waals surface area contributed by atoms with E-state index in [1.165, 1.54) is 5.71 Å². The highest BCUT2D eigenvalue weighted by atomic mass is 16.6. The molecule has 0 aliphatic rings. The topological polar surface area (TPSA) is 21.6 Å². The second-order valence-corrected chi connectivity index (χ2v) is 2.18. The van der Waals surface area contributed by atoms with Crippen molar-refractivity contribution < 1.29 is 4.84 Å². The van der Waals surface area contributed by atoms with Gasteiger partial charge in [0, 0.05) is 0 Å². The number of hydrogen-bond acceptors (Lipinski definition) is 2. The van der Waals surface area contributed by atoms with Crippen LogP contribution in [-0.2, 0) is 4.84 Å². The minimum atomic E-state index is 0.674. The molecular formula is C8H17NO. The Hall–Kier alpha value is -0.530. The predicted molar refractivity (Wildman–Crippen MR) is 44.3 cm³/mol. The third kappa shape index (κ3) is 4.36. The average Bonchev–Trinajstić information content (AvgIpc) is 1.98. The lowest BCUT2D eigenvalue weighted by Gasteiger charge is -1.99. The van der Waals surface area contributed by atoms with Gasteiger partial charge in [0.25, 0.3) is 0 Å². The highest BCUT2D eigenvalue weighted by Gasteiger charge is 1.93. The summed E-state index contributed by atoms with van der Waals surface area (Å²) < 4.78 is 0. The fourth-order valence-electron chi connectivity index (χ4n) is 0.731. The highest BCUT2D eigenvalue weighted by Crippen LogP contribution is 1.96. The summed E-state index contributed by atoms with van der Waals surface area (Å²) in [6.45, 7) is 6.88. The molecular weight excluding hydrogens is 126 g/mol. The molecule has 0 aliphatic carbocycles. The van der Waals surface area contributed by atoms with Gasteiger partial charge < -0.3 is 4.84 Å². The van der Waals surface area contributed by atoms with Gasteiger partial charge in [-0.15, -0.1) is 0 Å². The van der Waals surface area contributed by atoms with Gasteiger partial charge in [0.2, 0.25) is 0 Å². The molecule has 10 heavy (non-hydrogen) atoms. The van der Waals surface area contributed by atoms with E-state index in [1.54, 1.807) is 0 Å². The van der Waals surface area contributed by atoms with E-state index in [4.69, 9.17) is 4.84 Å². The van der Waals surface area contributed by atoms with Crippen molar-refractivity contribution in [1.29, 1.82) is 0 Å². The zero-order chi connectivity index (χ0) is 7.82. The summed E-state index contributed by atoms with van der Waals surface area (Å²) in [5, 5.41) is 3.97. The van der Waals surface area contributed by atoms with Crippen LogP contribution in [0.15, 0.2) is 5.16 Å². The normalized spacial score (nSPS) is 11.7. The first kappa shape index (κ1) is 9.47. The van der Waals surface area contributed by atoms with Gasteiger partial charge in [-0.05, 0) is 19.8 Å². The average molecular weight is 143 g/mol. The molecule has 0 rings (SSSR count). The summed E-state index contributed by atoms with van der Waals surface area (Å²) in [4.78, 5) is 4.93. The number of nitrogens with zero attached hydrogens (tertiary/aromatic N) is 1. The number of hydrogen-bond donors (Lipinski definition) is 0. The van der Waals surface area contributed by atoms with Gasteiger partial charge in [0.15, 0.2) is 0 Å². The first-order valence-electron chi connectivity index (χ1n) is 4.02. The zero-order valence-electron chi connectivity index (χ0n) is 7.18. The van der Waals surface area contributed by atoms with Crippen LogP contribution in [0.2, 0.25) is 0 Å². The van der Waals surface area contributed by atoms with E-state index in [2.05, 4.69) is 19.0 Å². The van der Waals surface area contributed by atoms with E-state index >= 15 is 0 Å². The lowest BCUT2D eigenvalue weighted by atomic mass is 10.2. The van der Waals surface area contributed by atoms with Crippen LogP contribution in [0.5, 0.6) is 0 Å². The van der Waals surface area contributed by atoms with Crippen molar-refractivity contribution in [2.75, 3.05) is 6.61 Å². The monoisotopic (exact) mass is 143 g/mol. The molecule has 2 nitrogen and oxygen atoms in total. The molecule has 0 N–H and O–H groups in total. The smallest absolute Gasteiger partial charge is 0.114 e. The maximum absolute atomic E-state index is 4.93. The molecule has 0 aromatic heterocycles. The summed E-state index contributed by atoms with van der Waals surface area (Å²) in [5.74, 6) is 0. The Balaban J connectivity index is 3.55. The Labute approximate surface area is 63.3 Å². The molecule has 0 fully saturated rings. The molecule has 0 unspecified atom stereocenters. The fourth-order valence-corrected chi connectivity index (χ4v) is 0.731. The van der Waals surface area contributed by atoms with Gasteiger partial charge >= 0.3 is 0 Å². The Kier molecular flexibility index (Phi) is 6.24. The lowest BCUT2D eigenvalue weighted by molar-refractivity contribution is 0.157. The quantitative estimate of drug-likeness (QED) is 0.428. The first-order valence-corrected chi connectivity index (χ1v) is 4.02. The van der Waals surface area contributed by atoms with Crippen molar-refractivity contribution in [3.63, 3.8) is 0 Å². The molecule has 2 heteroatoms. The van der Waals surface area contributed by atoms with Gasteiger partial charge in [-0.3, -0.25) is 0 Å². The molecule has 0 saturated carbocycles. The SMILES string of the molecule is CCC/C(CC)=N/OCC. The largest absolute Gasteiger partial charge is 0.396 e. The van der Waals surface area contributed by atoms with Crippen molar-refractivity contribution in [1.82, 2.24) is 0 Å². The van der Waals surface area contributed by atoms with Crippen molar-refractivity contribution >= 4 is 5.71 Å². The summed E-state index contributed by atoms with van der Waals surface area (Å²) in [5.41, 5.74) is 1.17. The van der Waals surface area contributed by atoms with Crippen molar-refractivity contribution in [2.24, 2.45) is 5.16 Å². The minimum Gasteiger partial charge on any atom is -0.396 e. The molecule has 0 spiro atoms. The molecule has 0 radical (unpaired) electrons. The summed E-state index contributed by atoms with van der Waals surface area (Å²) in [7, 11) is 0. The highest BCUT2D eigenvalue weighted by molar-refractivity contribution is 5.83. The van der Waals surface area contributed by atoms with E-state index in [1.807, 2.05) is 6.92 Å². The van der Waals surface area contributed by atoms with E-state index in [0.29, 0.717) is 6.61 Å². The van der Waals surface area contributed by atoms with Gasteiger partial charge in [0.1, 0.15) is 6.61 Å². The maximum atomic E-state index is 4.93. The Morgan fingerprint density at radius 2 is 2.00 bits per heavy atom. The predicted octanol–water partition coefficient (Wildman–Crippen LogP) is 2.59. The van der Waals surface area contributed by atoms with Crippen molar-refractivity contribution in [3.05, 3.63) is 0 Å². The molecule has 0 heterocycles. The molecule has 0 bridgehead atoms. The molecule has 60 valence electrons. The number of rotatable bonds is 5. The van der Waals surface area contributed by atoms with E-state index in [0.717, 1.165) is 19.3 Å². The van der Waals surface area contributed by atoms with Crippen molar-refractivity contribution in [2.45, 2.75) is 40.0 Å². The van der Waals surface area contributed by atoms with Gasteiger partial charge in [0.05, 0.1) is 5.71 Å². The Morgan fingerprint density at radius 1 is 1.30 bits per heavy atom. The lowest BCUT2D eigenvalue weighted by Crippen LogP contribution is -1.96. The molecule has 0 aliphatic heterocycles. The molecule has 0 aromatic carbocycles. The first-order chi connectivity index (χ1) is 4.85. The standard InChI is InChI=1S/C8H17NO/c1-4-7-8(5-2)9-10-6-3/h4-7H2,1-3H3/b9-8+. The zero-order valence-corrected chi connectivity index (χ0v) is 7.18. The van der Waals surface area contributed by atoms with Crippen LogP contribution in [0.4, 0.5) is 0 Å². The third-order valence-electron chi connectivity index (χ3n) is 1.27. The van der Waals surface area contributed by atoms with E-state index in [-0.39, 0.29) is 0 Å². The van der Waals surface area contributed by atoms with Gasteiger partial charge in [-0.2, -0.15) is 0 Å². The van der Waals surface area contributed by atoms with E-state index in [9.17, 15) is 0 Å². The maximum Gasteiger partial charge on any atom is 0.114 e. The minimum absolute atomic E-state index is 0.674. The van der Waals surface area contributed by atoms with E-state index < -0.39 is 0 Å². The second-order valence-electron chi connectivity index (χ2n) is 2.18. The number of oxime groups is 1. The van der Waals surface area contributed by atoms with Gasteiger partial charge in [-0.1, -0.05) is 25.4 Å². The fraction of sp³-hybridized carbons (Fsp3) is 0.875. The Morgan fingerprint density at radius 3 is 2.40 bits per heavy atom. The van der Waals surface area contributed by atoms with Crippen LogP contribution in [0.3, 0.4) is 0 Å². The van der Waals surface area contributed by atoms with Crippen LogP contribution in [0.1, 0.15) is 40.0 Å². The second kappa shape index (κ2) is 6.59. The van der Waals surface area contributed by atoms with Crippen LogP contribution < -0.4 is 0 Å². The Bertz CT molecular complexity index is 99.4. The van der Waals surface area contributed by atoms with Crippen LogP contribution >= 0.6 is 0 Å².